The van der Waals surface area contributed by atoms with Crippen LogP contribution in [-0.2, 0) is 11.3 Å². The summed E-state index contributed by atoms with van der Waals surface area (Å²) >= 11 is 0. The maximum absolute atomic E-state index is 10.9. The Bertz CT molecular complexity index is 365. The summed E-state index contributed by atoms with van der Waals surface area (Å²) in [6, 6.07) is 9.86. The number of nitrogens with zero attached hydrogens (tertiary/aromatic N) is 1. The van der Waals surface area contributed by atoms with Gasteiger partial charge in [0, 0.05) is 19.6 Å². The first-order valence-corrected chi connectivity index (χ1v) is 6.16. The summed E-state index contributed by atoms with van der Waals surface area (Å²) in [5, 5.41) is 18.4. The highest BCUT2D eigenvalue weighted by molar-refractivity contribution is 5.69. The largest absolute Gasteiger partial charge is 0.481 e. The lowest BCUT2D eigenvalue weighted by molar-refractivity contribution is -0.141. The van der Waals surface area contributed by atoms with Crippen LogP contribution in [0, 0.1) is 5.92 Å². The Hall–Kier alpha value is -1.39. The summed E-state index contributed by atoms with van der Waals surface area (Å²) in [6.45, 7) is 4.97. The molecule has 0 bridgehead atoms. The minimum atomic E-state index is -0.807. The van der Waals surface area contributed by atoms with Crippen molar-refractivity contribution in [3.8, 4) is 0 Å². The summed E-state index contributed by atoms with van der Waals surface area (Å²) in [6.07, 6.45) is -0.463. The van der Waals surface area contributed by atoms with E-state index < -0.39 is 18.0 Å². The Labute approximate surface area is 108 Å². The zero-order valence-corrected chi connectivity index (χ0v) is 10.9. The lowest BCUT2D eigenvalue weighted by Gasteiger charge is -2.25. The van der Waals surface area contributed by atoms with Gasteiger partial charge in [-0.2, -0.15) is 0 Å². The fourth-order valence-electron chi connectivity index (χ4n) is 1.88. The topological polar surface area (TPSA) is 60.8 Å². The van der Waals surface area contributed by atoms with Gasteiger partial charge in [0.1, 0.15) is 0 Å². The van der Waals surface area contributed by atoms with Crippen LogP contribution in [0.3, 0.4) is 0 Å². The van der Waals surface area contributed by atoms with Crippen molar-refractivity contribution in [1.82, 2.24) is 4.90 Å². The van der Waals surface area contributed by atoms with Crippen molar-refractivity contribution in [1.29, 1.82) is 0 Å². The van der Waals surface area contributed by atoms with Gasteiger partial charge in [0.25, 0.3) is 0 Å². The van der Waals surface area contributed by atoms with E-state index in [0.29, 0.717) is 19.6 Å². The summed E-state index contributed by atoms with van der Waals surface area (Å²) in [4.78, 5) is 12.9. The molecule has 4 heteroatoms. The number of hydrogen-bond donors (Lipinski definition) is 2. The summed E-state index contributed by atoms with van der Waals surface area (Å²) in [7, 11) is 0. The zero-order valence-electron chi connectivity index (χ0n) is 10.9. The van der Waals surface area contributed by atoms with Gasteiger partial charge >= 0.3 is 5.97 Å². The highest BCUT2D eigenvalue weighted by atomic mass is 16.4. The second-order valence-electron chi connectivity index (χ2n) is 4.77. The van der Waals surface area contributed by atoms with Crippen molar-refractivity contribution >= 4 is 5.97 Å². The van der Waals surface area contributed by atoms with Crippen molar-refractivity contribution in [2.24, 2.45) is 5.92 Å². The highest BCUT2D eigenvalue weighted by Gasteiger charge is 2.17. The average molecular weight is 251 g/mol. The van der Waals surface area contributed by atoms with Gasteiger partial charge in [0.15, 0.2) is 0 Å². The van der Waals surface area contributed by atoms with E-state index in [1.54, 1.807) is 13.8 Å². The Morgan fingerprint density at radius 1 is 1.22 bits per heavy atom. The summed E-state index contributed by atoms with van der Waals surface area (Å²) in [5.41, 5.74) is 1.12. The fourth-order valence-corrected chi connectivity index (χ4v) is 1.88. The second-order valence-corrected chi connectivity index (χ2v) is 4.77. The third-order valence-electron chi connectivity index (χ3n) is 2.73. The maximum Gasteiger partial charge on any atom is 0.307 e. The number of carbonyl (C=O) groups is 1. The molecule has 2 unspecified atom stereocenters. The van der Waals surface area contributed by atoms with Crippen molar-refractivity contribution in [3.05, 3.63) is 35.9 Å². The molecule has 1 rings (SSSR count). The molecule has 0 spiro atoms. The van der Waals surface area contributed by atoms with E-state index in [1.807, 2.05) is 35.2 Å². The van der Waals surface area contributed by atoms with E-state index in [2.05, 4.69) is 0 Å². The van der Waals surface area contributed by atoms with Crippen molar-refractivity contribution < 1.29 is 15.0 Å². The number of benzene rings is 1. The number of hydrogen-bond acceptors (Lipinski definition) is 3. The normalized spacial score (nSPS) is 14.4. The molecule has 18 heavy (non-hydrogen) atoms. The van der Waals surface area contributed by atoms with E-state index in [-0.39, 0.29) is 0 Å². The number of aliphatic hydroxyl groups is 1. The van der Waals surface area contributed by atoms with Gasteiger partial charge in [-0.15, -0.1) is 0 Å². The molecule has 0 aliphatic rings. The monoisotopic (exact) mass is 251 g/mol. The van der Waals surface area contributed by atoms with Crippen LogP contribution in [0.25, 0.3) is 0 Å². The molecule has 4 nitrogen and oxygen atoms in total. The van der Waals surface area contributed by atoms with Crippen LogP contribution in [0.4, 0.5) is 0 Å². The van der Waals surface area contributed by atoms with Gasteiger partial charge in [0.05, 0.1) is 12.0 Å². The van der Waals surface area contributed by atoms with Gasteiger partial charge in [-0.3, -0.25) is 9.69 Å². The van der Waals surface area contributed by atoms with Crippen molar-refractivity contribution in [2.45, 2.75) is 26.5 Å². The Balaban J connectivity index is 2.63. The molecule has 0 saturated carbocycles. The van der Waals surface area contributed by atoms with Crippen molar-refractivity contribution in [3.63, 3.8) is 0 Å². The average Bonchev–Trinajstić information content (AvgIpc) is 2.29. The molecular formula is C14H21NO3. The summed E-state index contributed by atoms with van der Waals surface area (Å²) < 4.78 is 0. The standard InChI is InChI=1S/C14H21NO3/c1-11(14(17)18)8-15(9-12(2)16)10-13-6-4-3-5-7-13/h3-7,11-12,16H,8-10H2,1-2H3,(H,17,18). The predicted molar refractivity (Wildman–Crippen MR) is 70.2 cm³/mol. The van der Waals surface area contributed by atoms with Crippen LogP contribution < -0.4 is 0 Å². The molecule has 0 aliphatic heterocycles. The third-order valence-corrected chi connectivity index (χ3v) is 2.73. The van der Waals surface area contributed by atoms with Gasteiger partial charge in [-0.05, 0) is 12.5 Å². The molecule has 0 amide bonds. The van der Waals surface area contributed by atoms with E-state index in [1.165, 1.54) is 0 Å². The molecular weight excluding hydrogens is 230 g/mol. The number of carboxylic acid groups (broad SMARTS) is 1. The number of aliphatic carboxylic acids is 1. The smallest absolute Gasteiger partial charge is 0.307 e. The molecule has 1 aromatic carbocycles. The fraction of sp³-hybridized carbons (Fsp3) is 0.500. The van der Waals surface area contributed by atoms with Crippen molar-refractivity contribution in [2.75, 3.05) is 13.1 Å². The first-order chi connectivity index (χ1) is 8.49. The third kappa shape index (κ3) is 5.29. The van der Waals surface area contributed by atoms with Crippen LogP contribution >= 0.6 is 0 Å². The summed E-state index contributed by atoms with van der Waals surface area (Å²) in [5.74, 6) is -1.24. The zero-order chi connectivity index (χ0) is 13.5. The van der Waals surface area contributed by atoms with E-state index >= 15 is 0 Å². The van der Waals surface area contributed by atoms with E-state index in [0.717, 1.165) is 5.56 Å². The highest BCUT2D eigenvalue weighted by Crippen LogP contribution is 2.08. The molecule has 100 valence electrons. The first kappa shape index (κ1) is 14.7. The molecule has 0 heterocycles. The number of rotatable bonds is 7. The minimum absolute atomic E-state index is 0.438. The van der Waals surface area contributed by atoms with Crippen LogP contribution in [0.1, 0.15) is 19.4 Å². The predicted octanol–water partition coefficient (Wildman–Crippen LogP) is 1.59. The van der Waals surface area contributed by atoms with E-state index in [4.69, 9.17) is 5.11 Å². The maximum atomic E-state index is 10.9. The lowest BCUT2D eigenvalue weighted by atomic mass is 10.1. The van der Waals surface area contributed by atoms with Crippen LogP contribution in [0.15, 0.2) is 30.3 Å². The molecule has 0 fully saturated rings. The Kier molecular flexibility index (Phi) is 5.82. The lowest BCUT2D eigenvalue weighted by Crippen LogP contribution is -2.36. The van der Waals surface area contributed by atoms with Gasteiger partial charge < -0.3 is 10.2 Å². The molecule has 2 N–H and O–H groups in total. The van der Waals surface area contributed by atoms with Gasteiger partial charge in [-0.1, -0.05) is 37.3 Å². The van der Waals surface area contributed by atoms with Crippen LogP contribution in [0.5, 0.6) is 0 Å². The second kappa shape index (κ2) is 7.13. The number of carboxylic acids is 1. The van der Waals surface area contributed by atoms with Gasteiger partial charge in [-0.25, -0.2) is 0 Å². The molecule has 2 atom stereocenters. The first-order valence-electron chi connectivity index (χ1n) is 6.16. The molecule has 0 aromatic heterocycles. The molecule has 0 saturated heterocycles. The van der Waals surface area contributed by atoms with Crippen LogP contribution in [-0.4, -0.2) is 40.3 Å². The minimum Gasteiger partial charge on any atom is -0.481 e. The molecule has 0 aliphatic carbocycles. The Morgan fingerprint density at radius 3 is 2.33 bits per heavy atom. The van der Waals surface area contributed by atoms with Crippen LogP contribution in [0.2, 0.25) is 0 Å². The molecule has 0 radical (unpaired) electrons. The molecule has 1 aromatic rings. The van der Waals surface area contributed by atoms with Gasteiger partial charge in [0.2, 0.25) is 0 Å². The number of aliphatic hydroxyl groups excluding tert-OH is 1. The SMILES string of the molecule is CC(O)CN(Cc1ccccc1)CC(C)C(=O)O. The van der Waals surface area contributed by atoms with E-state index in [9.17, 15) is 9.90 Å². The quantitative estimate of drug-likeness (QED) is 0.772. The Morgan fingerprint density at radius 2 is 1.83 bits per heavy atom.